The molecular formula is C37H27BrN2. The Morgan fingerprint density at radius 2 is 1.02 bits per heavy atom. The molecule has 5 aromatic carbocycles. The van der Waals surface area contributed by atoms with E-state index in [4.69, 9.17) is 9.97 Å². The molecule has 0 spiro atoms. The van der Waals surface area contributed by atoms with Crippen LogP contribution < -0.4 is 0 Å². The van der Waals surface area contributed by atoms with Gasteiger partial charge in [0.2, 0.25) is 0 Å². The second-order valence-corrected chi connectivity index (χ2v) is 11.8. The molecule has 0 bridgehead atoms. The first-order valence-electron chi connectivity index (χ1n) is 13.5. The summed E-state index contributed by atoms with van der Waals surface area (Å²) < 4.78 is 1.04. The van der Waals surface area contributed by atoms with Gasteiger partial charge in [0.05, 0.1) is 11.4 Å². The predicted octanol–water partition coefficient (Wildman–Crippen LogP) is 10.2. The van der Waals surface area contributed by atoms with Gasteiger partial charge in [0.15, 0.2) is 5.82 Å². The summed E-state index contributed by atoms with van der Waals surface area (Å²) in [5.41, 5.74) is 12.8. The molecule has 0 unspecified atom stereocenters. The van der Waals surface area contributed by atoms with Crippen LogP contribution in [-0.2, 0) is 5.41 Å². The predicted molar refractivity (Wildman–Crippen MR) is 169 cm³/mol. The third kappa shape index (κ3) is 4.27. The standard InChI is InChI=1S/C37H27BrN2/c1-37(2)32-11-7-6-10-30(32)31-21-18-28(22-33(31)37)24-12-14-25(15-13-24)34-23-35(26-16-19-29(38)20-17-26)40-36(39-34)27-8-4-3-5-9-27/h3-23H,1-2H3. The van der Waals surface area contributed by atoms with E-state index in [0.717, 1.165) is 38.4 Å². The molecule has 40 heavy (non-hydrogen) atoms. The second kappa shape index (κ2) is 9.69. The number of nitrogens with zero attached hydrogens (tertiary/aromatic N) is 2. The summed E-state index contributed by atoms with van der Waals surface area (Å²) in [7, 11) is 0. The van der Waals surface area contributed by atoms with Gasteiger partial charge < -0.3 is 0 Å². The van der Waals surface area contributed by atoms with Crippen molar-refractivity contribution in [1.82, 2.24) is 9.97 Å². The molecule has 0 amide bonds. The fourth-order valence-corrected chi connectivity index (χ4v) is 6.06. The Bertz CT molecular complexity index is 1850. The lowest BCUT2D eigenvalue weighted by Crippen LogP contribution is -2.14. The lowest BCUT2D eigenvalue weighted by Gasteiger charge is -2.22. The third-order valence-electron chi connectivity index (χ3n) is 8.00. The fourth-order valence-electron chi connectivity index (χ4n) is 5.80. The van der Waals surface area contributed by atoms with Crippen LogP contribution in [0.5, 0.6) is 0 Å². The van der Waals surface area contributed by atoms with Gasteiger partial charge in [-0.15, -0.1) is 0 Å². The lowest BCUT2D eigenvalue weighted by molar-refractivity contribution is 0.660. The largest absolute Gasteiger partial charge is 0.228 e. The molecule has 1 aliphatic carbocycles. The van der Waals surface area contributed by atoms with Crippen molar-refractivity contribution in [3.8, 4) is 56.2 Å². The topological polar surface area (TPSA) is 25.8 Å². The zero-order valence-electron chi connectivity index (χ0n) is 22.4. The minimum atomic E-state index is -0.0138. The van der Waals surface area contributed by atoms with Crippen LogP contribution in [0, 0.1) is 0 Å². The van der Waals surface area contributed by atoms with E-state index in [1.54, 1.807) is 0 Å². The number of benzene rings is 5. The first-order chi connectivity index (χ1) is 19.5. The van der Waals surface area contributed by atoms with Crippen LogP contribution in [0.4, 0.5) is 0 Å². The number of hydrogen-bond donors (Lipinski definition) is 0. The maximum absolute atomic E-state index is 4.99. The first kappa shape index (κ1) is 24.7. The minimum Gasteiger partial charge on any atom is -0.228 e. The number of aromatic nitrogens is 2. The van der Waals surface area contributed by atoms with E-state index in [0.29, 0.717) is 0 Å². The summed E-state index contributed by atoms with van der Waals surface area (Å²) in [6, 6.07) is 45.0. The molecule has 2 nitrogen and oxygen atoms in total. The van der Waals surface area contributed by atoms with Crippen LogP contribution in [0.1, 0.15) is 25.0 Å². The highest BCUT2D eigenvalue weighted by Crippen LogP contribution is 2.49. The van der Waals surface area contributed by atoms with Crippen LogP contribution in [-0.4, -0.2) is 9.97 Å². The molecule has 192 valence electrons. The monoisotopic (exact) mass is 578 g/mol. The molecule has 3 heteroatoms. The molecule has 0 fully saturated rings. The van der Waals surface area contributed by atoms with Crippen molar-refractivity contribution in [3.05, 3.63) is 143 Å². The molecule has 6 aromatic rings. The molecule has 0 atom stereocenters. The summed E-state index contributed by atoms with van der Waals surface area (Å²) >= 11 is 3.54. The Balaban J connectivity index is 1.27. The first-order valence-corrected chi connectivity index (χ1v) is 14.3. The van der Waals surface area contributed by atoms with E-state index in [1.165, 1.54) is 33.4 Å². The highest BCUT2D eigenvalue weighted by atomic mass is 79.9. The van der Waals surface area contributed by atoms with Gasteiger partial charge in [0, 0.05) is 26.6 Å². The number of halogens is 1. The molecule has 1 heterocycles. The summed E-state index contributed by atoms with van der Waals surface area (Å²) in [6.45, 7) is 4.65. The average molecular weight is 580 g/mol. The Hall–Kier alpha value is -4.34. The van der Waals surface area contributed by atoms with Crippen LogP contribution in [0.25, 0.3) is 56.2 Å². The smallest absolute Gasteiger partial charge is 0.160 e. The fraction of sp³-hybridized carbons (Fsp3) is 0.0811. The normalized spacial score (nSPS) is 13.1. The quantitative estimate of drug-likeness (QED) is 0.208. The van der Waals surface area contributed by atoms with Crippen LogP contribution in [0.2, 0.25) is 0 Å². The van der Waals surface area contributed by atoms with Gasteiger partial charge in [-0.1, -0.05) is 133 Å². The maximum atomic E-state index is 4.99. The van der Waals surface area contributed by atoms with Crippen LogP contribution >= 0.6 is 15.9 Å². The lowest BCUT2D eigenvalue weighted by atomic mass is 9.81. The van der Waals surface area contributed by atoms with Crippen molar-refractivity contribution in [2.75, 3.05) is 0 Å². The van der Waals surface area contributed by atoms with Gasteiger partial charge in [0.1, 0.15) is 0 Å². The van der Waals surface area contributed by atoms with Crippen LogP contribution in [0.3, 0.4) is 0 Å². The Morgan fingerprint density at radius 1 is 0.475 bits per heavy atom. The van der Waals surface area contributed by atoms with Gasteiger partial charge in [-0.25, -0.2) is 9.97 Å². The van der Waals surface area contributed by atoms with Crippen molar-refractivity contribution < 1.29 is 0 Å². The maximum Gasteiger partial charge on any atom is 0.160 e. The summed E-state index contributed by atoms with van der Waals surface area (Å²) in [5.74, 6) is 0.723. The molecule has 0 N–H and O–H groups in total. The molecule has 1 aromatic heterocycles. The molecule has 0 aliphatic heterocycles. The van der Waals surface area contributed by atoms with Gasteiger partial charge >= 0.3 is 0 Å². The van der Waals surface area contributed by atoms with Gasteiger partial charge in [-0.3, -0.25) is 0 Å². The summed E-state index contributed by atoms with van der Waals surface area (Å²) in [6.07, 6.45) is 0. The molecule has 0 radical (unpaired) electrons. The molecular weight excluding hydrogens is 552 g/mol. The van der Waals surface area contributed by atoms with Crippen molar-refractivity contribution >= 4 is 15.9 Å². The van der Waals surface area contributed by atoms with E-state index in [2.05, 4.69) is 127 Å². The number of fused-ring (bicyclic) bond motifs is 3. The zero-order chi connectivity index (χ0) is 27.3. The van der Waals surface area contributed by atoms with Crippen molar-refractivity contribution in [3.63, 3.8) is 0 Å². The highest BCUT2D eigenvalue weighted by Gasteiger charge is 2.35. The van der Waals surface area contributed by atoms with Crippen LogP contribution in [0.15, 0.2) is 132 Å². The van der Waals surface area contributed by atoms with E-state index < -0.39 is 0 Å². The zero-order valence-corrected chi connectivity index (χ0v) is 24.0. The summed E-state index contributed by atoms with van der Waals surface area (Å²) in [5, 5.41) is 0. The molecule has 1 aliphatic rings. The van der Waals surface area contributed by atoms with E-state index in [9.17, 15) is 0 Å². The second-order valence-electron chi connectivity index (χ2n) is 10.8. The minimum absolute atomic E-state index is 0.0138. The number of rotatable bonds is 4. The van der Waals surface area contributed by atoms with Gasteiger partial charge in [-0.2, -0.15) is 0 Å². The Morgan fingerprint density at radius 3 is 1.73 bits per heavy atom. The van der Waals surface area contributed by atoms with E-state index in [-0.39, 0.29) is 5.41 Å². The Labute approximate surface area is 243 Å². The molecule has 0 saturated heterocycles. The van der Waals surface area contributed by atoms with Crippen molar-refractivity contribution in [2.45, 2.75) is 19.3 Å². The van der Waals surface area contributed by atoms with E-state index in [1.807, 2.05) is 30.3 Å². The SMILES string of the molecule is CC1(C)c2ccccc2-c2ccc(-c3ccc(-c4cc(-c5ccc(Br)cc5)nc(-c5ccccc5)n4)cc3)cc21. The molecule has 7 rings (SSSR count). The van der Waals surface area contributed by atoms with Gasteiger partial charge in [0.25, 0.3) is 0 Å². The Kier molecular flexibility index (Phi) is 5.98. The average Bonchev–Trinajstić information content (AvgIpc) is 3.24. The van der Waals surface area contributed by atoms with Gasteiger partial charge in [-0.05, 0) is 57.6 Å². The summed E-state index contributed by atoms with van der Waals surface area (Å²) in [4.78, 5) is 9.92. The van der Waals surface area contributed by atoms with Crippen molar-refractivity contribution in [1.29, 1.82) is 0 Å². The van der Waals surface area contributed by atoms with Crippen molar-refractivity contribution in [2.24, 2.45) is 0 Å². The number of hydrogen-bond acceptors (Lipinski definition) is 2. The third-order valence-corrected chi connectivity index (χ3v) is 8.52. The molecule has 0 saturated carbocycles. The van der Waals surface area contributed by atoms with E-state index >= 15 is 0 Å². The highest BCUT2D eigenvalue weighted by molar-refractivity contribution is 9.10.